The Morgan fingerprint density at radius 1 is 1.33 bits per heavy atom. The fourth-order valence-corrected chi connectivity index (χ4v) is 5.27. The van der Waals surface area contributed by atoms with Gasteiger partial charge in [-0.25, -0.2) is 8.42 Å². The maximum absolute atomic E-state index is 13.2. The van der Waals surface area contributed by atoms with Gasteiger partial charge in [0.2, 0.25) is 15.9 Å². The van der Waals surface area contributed by atoms with Crippen molar-refractivity contribution < 1.29 is 17.6 Å². The highest BCUT2D eigenvalue weighted by atomic mass is 32.2. The number of rotatable bonds is 7. The van der Waals surface area contributed by atoms with Crippen LogP contribution in [0, 0.1) is 5.92 Å². The van der Waals surface area contributed by atoms with E-state index in [4.69, 9.17) is 4.42 Å². The van der Waals surface area contributed by atoms with E-state index in [1.807, 2.05) is 13.8 Å². The van der Waals surface area contributed by atoms with Crippen LogP contribution in [0.1, 0.15) is 32.4 Å². The number of unbranched alkanes of at least 4 members (excludes halogenated alkanes) is 1. The van der Waals surface area contributed by atoms with Gasteiger partial charge in [-0.15, -0.1) is 11.8 Å². The second kappa shape index (κ2) is 8.50. The molecule has 0 aliphatic carbocycles. The van der Waals surface area contributed by atoms with Gasteiger partial charge in [-0.2, -0.15) is 4.31 Å². The second-order valence-electron chi connectivity index (χ2n) is 6.63. The Bertz CT molecular complexity index is 894. The van der Waals surface area contributed by atoms with Crippen LogP contribution in [0.15, 0.2) is 50.8 Å². The summed E-state index contributed by atoms with van der Waals surface area (Å²) in [5.41, 5.74) is 0.559. The highest BCUT2D eigenvalue weighted by Gasteiger charge is 2.27. The van der Waals surface area contributed by atoms with E-state index in [1.165, 1.54) is 10.6 Å². The van der Waals surface area contributed by atoms with Crippen LogP contribution in [0.25, 0.3) is 0 Å². The number of sulfonamides is 1. The molecule has 1 amide bonds. The van der Waals surface area contributed by atoms with Crippen LogP contribution in [0.3, 0.4) is 0 Å². The van der Waals surface area contributed by atoms with E-state index in [2.05, 4.69) is 5.32 Å². The lowest BCUT2D eigenvalue weighted by Crippen LogP contribution is -2.31. The first-order valence-electron chi connectivity index (χ1n) is 9.02. The van der Waals surface area contributed by atoms with Gasteiger partial charge in [0.15, 0.2) is 0 Å². The van der Waals surface area contributed by atoms with Gasteiger partial charge >= 0.3 is 0 Å². The third kappa shape index (κ3) is 4.56. The van der Waals surface area contributed by atoms with E-state index in [0.717, 1.165) is 17.7 Å². The van der Waals surface area contributed by atoms with Gasteiger partial charge in [-0.1, -0.05) is 20.3 Å². The summed E-state index contributed by atoms with van der Waals surface area (Å²) in [6.07, 6.45) is 3.18. The third-order valence-corrected chi connectivity index (χ3v) is 7.63. The van der Waals surface area contributed by atoms with Crippen molar-refractivity contribution in [3.8, 4) is 0 Å². The first-order valence-corrected chi connectivity index (χ1v) is 11.4. The minimum absolute atomic E-state index is 0.0887. The number of fused-ring (bicyclic) bond motifs is 1. The fourth-order valence-electron chi connectivity index (χ4n) is 2.78. The van der Waals surface area contributed by atoms with Crippen LogP contribution in [0.4, 0.5) is 5.69 Å². The van der Waals surface area contributed by atoms with Crippen molar-refractivity contribution in [1.29, 1.82) is 0 Å². The summed E-state index contributed by atoms with van der Waals surface area (Å²) in [4.78, 5) is 13.2. The number of hydrogen-bond donors (Lipinski definition) is 1. The molecule has 1 aliphatic rings. The maximum atomic E-state index is 13.2. The monoisotopic (exact) mass is 408 g/mol. The lowest BCUT2D eigenvalue weighted by Gasteiger charge is -2.22. The highest BCUT2D eigenvalue weighted by Crippen LogP contribution is 2.35. The molecule has 0 spiro atoms. The van der Waals surface area contributed by atoms with Gasteiger partial charge in [0.25, 0.3) is 0 Å². The van der Waals surface area contributed by atoms with Crippen molar-refractivity contribution in [2.45, 2.75) is 43.0 Å². The molecule has 3 rings (SSSR count). The maximum Gasteiger partial charge on any atom is 0.243 e. The van der Waals surface area contributed by atoms with E-state index >= 15 is 0 Å². The molecule has 0 saturated heterocycles. The zero-order valence-corrected chi connectivity index (χ0v) is 17.1. The number of nitrogens with one attached hydrogen (secondary N) is 1. The van der Waals surface area contributed by atoms with Gasteiger partial charge in [-0.05, 0) is 36.8 Å². The zero-order valence-electron chi connectivity index (χ0n) is 15.5. The number of hydrogen-bond acceptors (Lipinski definition) is 5. The number of amides is 1. The third-order valence-electron chi connectivity index (χ3n) is 4.46. The number of nitrogens with zero attached hydrogens (tertiary/aromatic N) is 1. The first-order chi connectivity index (χ1) is 12.9. The van der Waals surface area contributed by atoms with Gasteiger partial charge in [0, 0.05) is 23.1 Å². The standard InChI is InChI=1S/C19H24N2O4S2/c1-3-4-9-21(12-15-6-5-10-25-15)27(23,24)16-7-8-18-17(11-16)20-19(22)14(2)13-26-18/h5-8,10-11,14H,3-4,9,12-13H2,1-2H3,(H,20,22)/t14-/m1/s1. The summed E-state index contributed by atoms with van der Waals surface area (Å²) in [5, 5.41) is 2.85. The van der Waals surface area contributed by atoms with Crippen molar-refractivity contribution >= 4 is 33.4 Å². The van der Waals surface area contributed by atoms with Crippen LogP contribution in [0.2, 0.25) is 0 Å². The Balaban J connectivity index is 1.92. The molecule has 2 aromatic rings. The van der Waals surface area contributed by atoms with Crippen LogP contribution in [-0.4, -0.2) is 30.9 Å². The minimum Gasteiger partial charge on any atom is -0.468 e. The Morgan fingerprint density at radius 2 is 2.15 bits per heavy atom. The number of furan rings is 1. The van der Waals surface area contributed by atoms with Gasteiger partial charge in [-0.3, -0.25) is 4.79 Å². The highest BCUT2D eigenvalue weighted by molar-refractivity contribution is 7.99. The molecule has 1 N–H and O–H groups in total. The van der Waals surface area contributed by atoms with E-state index in [1.54, 1.807) is 42.1 Å². The quantitative estimate of drug-likeness (QED) is 0.750. The smallest absolute Gasteiger partial charge is 0.243 e. The van der Waals surface area contributed by atoms with Crippen molar-refractivity contribution in [1.82, 2.24) is 4.31 Å². The molecule has 8 heteroatoms. The average molecular weight is 409 g/mol. The number of carbonyl (C=O) groups excluding carboxylic acids is 1. The molecule has 0 bridgehead atoms. The Morgan fingerprint density at radius 3 is 2.85 bits per heavy atom. The molecule has 6 nitrogen and oxygen atoms in total. The lowest BCUT2D eigenvalue weighted by atomic mass is 10.2. The minimum atomic E-state index is -3.71. The summed E-state index contributed by atoms with van der Waals surface area (Å²) in [5.74, 6) is 1.06. The molecule has 1 aliphatic heterocycles. The van der Waals surface area contributed by atoms with Crippen LogP contribution in [0.5, 0.6) is 0 Å². The topological polar surface area (TPSA) is 79.6 Å². The molecule has 0 unspecified atom stereocenters. The summed E-state index contributed by atoms with van der Waals surface area (Å²) < 4.78 is 33.3. The lowest BCUT2D eigenvalue weighted by molar-refractivity contribution is -0.118. The Kier molecular flexibility index (Phi) is 6.29. The van der Waals surface area contributed by atoms with Crippen molar-refractivity contribution in [3.05, 3.63) is 42.4 Å². The molecule has 0 radical (unpaired) electrons. The predicted molar refractivity (Wildman–Crippen MR) is 106 cm³/mol. The molecule has 0 saturated carbocycles. The van der Waals surface area contributed by atoms with Gasteiger partial charge in [0.05, 0.1) is 23.4 Å². The van der Waals surface area contributed by atoms with E-state index in [0.29, 0.717) is 23.7 Å². The molecule has 2 heterocycles. The summed E-state index contributed by atoms with van der Waals surface area (Å²) in [6.45, 7) is 4.48. The van der Waals surface area contributed by atoms with Gasteiger partial charge < -0.3 is 9.73 Å². The average Bonchev–Trinajstić information content (AvgIpc) is 3.11. The van der Waals surface area contributed by atoms with Crippen LogP contribution >= 0.6 is 11.8 Å². The van der Waals surface area contributed by atoms with Crippen molar-refractivity contribution in [2.75, 3.05) is 17.6 Å². The molecule has 1 atom stereocenters. The van der Waals surface area contributed by atoms with E-state index < -0.39 is 10.0 Å². The predicted octanol–water partition coefficient (Wildman–Crippen LogP) is 3.95. The molecule has 1 aromatic carbocycles. The molecule has 27 heavy (non-hydrogen) atoms. The van der Waals surface area contributed by atoms with E-state index in [-0.39, 0.29) is 23.3 Å². The molecule has 0 fully saturated rings. The number of thioether (sulfide) groups is 1. The van der Waals surface area contributed by atoms with E-state index in [9.17, 15) is 13.2 Å². The summed E-state index contributed by atoms with van der Waals surface area (Å²) >= 11 is 1.56. The van der Waals surface area contributed by atoms with Crippen molar-refractivity contribution in [3.63, 3.8) is 0 Å². The number of anilines is 1. The Labute approximate surface area is 164 Å². The normalized spacial score (nSPS) is 17.4. The van der Waals surface area contributed by atoms with Crippen LogP contribution < -0.4 is 5.32 Å². The van der Waals surface area contributed by atoms with Crippen LogP contribution in [-0.2, 0) is 21.4 Å². The summed E-state index contributed by atoms with van der Waals surface area (Å²) in [6, 6.07) is 8.47. The zero-order chi connectivity index (χ0) is 19.4. The second-order valence-corrected chi connectivity index (χ2v) is 9.63. The van der Waals surface area contributed by atoms with Crippen molar-refractivity contribution in [2.24, 2.45) is 5.92 Å². The van der Waals surface area contributed by atoms with Gasteiger partial charge in [0.1, 0.15) is 5.76 Å². The molecule has 146 valence electrons. The molecular weight excluding hydrogens is 384 g/mol. The summed E-state index contributed by atoms with van der Waals surface area (Å²) in [7, 11) is -3.71. The SMILES string of the molecule is CCCCN(Cc1ccco1)S(=O)(=O)c1ccc2c(c1)NC(=O)[C@H](C)CS2. The molecular formula is C19H24N2O4S2. The fraction of sp³-hybridized carbons (Fsp3) is 0.421. The molecule has 1 aromatic heterocycles. The Hall–Kier alpha value is -1.77. The largest absolute Gasteiger partial charge is 0.468 e. The first kappa shape index (κ1) is 20.0. The number of carbonyl (C=O) groups is 1. The number of benzene rings is 1.